The van der Waals surface area contributed by atoms with Crippen LogP contribution in [0.5, 0.6) is 0 Å². The fraction of sp³-hybridized carbons (Fsp3) is 0.0667. The van der Waals surface area contributed by atoms with Gasteiger partial charge in [0.25, 0.3) is 0 Å². The average Bonchev–Trinajstić information content (AvgIpc) is 2.38. The normalized spacial score (nSPS) is 9.35. The zero-order chi connectivity index (χ0) is 12.3. The van der Waals surface area contributed by atoms with Crippen LogP contribution in [-0.4, -0.2) is 0 Å². The van der Waals surface area contributed by atoms with Crippen molar-refractivity contribution in [1.82, 2.24) is 0 Å². The fourth-order valence-corrected chi connectivity index (χ4v) is 1.82. The first-order valence-electron chi connectivity index (χ1n) is 5.26. The molecule has 0 N–H and O–H groups in total. The lowest BCUT2D eigenvalue weighted by atomic mass is 9.95. The third-order valence-corrected chi connectivity index (χ3v) is 2.70. The molecule has 0 aromatic heterocycles. The first-order valence-corrected chi connectivity index (χ1v) is 5.26. The Morgan fingerprint density at radius 2 is 1.65 bits per heavy atom. The zero-order valence-corrected chi connectivity index (χ0v) is 9.44. The molecule has 0 atom stereocenters. The van der Waals surface area contributed by atoms with Crippen molar-refractivity contribution in [3.63, 3.8) is 0 Å². The quantitative estimate of drug-likeness (QED) is 0.736. The van der Waals surface area contributed by atoms with Gasteiger partial charge >= 0.3 is 0 Å². The number of aryl methyl sites for hydroxylation is 1. The van der Waals surface area contributed by atoms with Crippen LogP contribution in [0.1, 0.15) is 16.7 Å². The van der Waals surface area contributed by atoms with Crippen LogP contribution in [0.15, 0.2) is 42.5 Å². The van der Waals surface area contributed by atoms with Crippen LogP contribution in [0, 0.1) is 29.6 Å². The average molecular weight is 218 g/mol. The molecule has 0 fully saturated rings. The molecule has 0 saturated heterocycles. The molecule has 0 spiro atoms. The highest BCUT2D eigenvalue weighted by molar-refractivity contribution is 5.74. The van der Waals surface area contributed by atoms with Gasteiger partial charge in [-0.15, -0.1) is 0 Å². The Bertz CT molecular complexity index is 643. The summed E-state index contributed by atoms with van der Waals surface area (Å²) in [6.45, 7) is 2.01. The maximum atomic E-state index is 9.13. The second kappa shape index (κ2) is 4.51. The van der Waals surface area contributed by atoms with E-state index in [1.807, 2.05) is 43.3 Å². The van der Waals surface area contributed by atoms with Crippen molar-refractivity contribution in [2.24, 2.45) is 0 Å². The van der Waals surface area contributed by atoms with Crippen LogP contribution in [0.2, 0.25) is 0 Å². The highest BCUT2D eigenvalue weighted by Gasteiger charge is 2.07. The maximum absolute atomic E-state index is 9.13. The summed E-state index contributed by atoms with van der Waals surface area (Å²) < 4.78 is 0. The highest BCUT2D eigenvalue weighted by atomic mass is 14.3. The predicted octanol–water partition coefficient (Wildman–Crippen LogP) is 3.41. The summed E-state index contributed by atoms with van der Waals surface area (Å²) in [5.41, 5.74) is 4.09. The van der Waals surface area contributed by atoms with Gasteiger partial charge in [0.2, 0.25) is 0 Å². The lowest BCUT2D eigenvalue weighted by Gasteiger charge is -2.07. The van der Waals surface area contributed by atoms with Crippen LogP contribution in [0.4, 0.5) is 0 Å². The van der Waals surface area contributed by atoms with E-state index in [0.717, 1.165) is 16.7 Å². The summed E-state index contributed by atoms with van der Waals surface area (Å²) in [5, 5.41) is 17.9. The molecule has 2 heteroatoms. The molecule has 0 aliphatic carbocycles. The van der Waals surface area contributed by atoms with Crippen LogP contribution in [-0.2, 0) is 0 Å². The smallest absolute Gasteiger partial charge is 0.0998 e. The summed E-state index contributed by atoms with van der Waals surface area (Å²) in [5.74, 6) is 0. The van der Waals surface area contributed by atoms with Crippen molar-refractivity contribution < 1.29 is 0 Å². The molecule has 0 unspecified atom stereocenters. The second-order valence-electron chi connectivity index (χ2n) is 3.80. The minimum absolute atomic E-state index is 0.513. The van der Waals surface area contributed by atoms with Gasteiger partial charge in [-0.1, -0.05) is 30.3 Å². The summed E-state index contributed by atoms with van der Waals surface area (Å²) in [7, 11) is 0. The fourth-order valence-electron chi connectivity index (χ4n) is 1.82. The molecule has 0 radical (unpaired) electrons. The van der Waals surface area contributed by atoms with Crippen LogP contribution in [0.25, 0.3) is 11.1 Å². The first kappa shape index (κ1) is 10.9. The Balaban J connectivity index is 2.66. The van der Waals surface area contributed by atoms with E-state index in [0.29, 0.717) is 11.1 Å². The molecule has 17 heavy (non-hydrogen) atoms. The van der Waals surface area contributed by atoms with Gasteiger partial charge in [-0.25, -0.2) is 0 Å². The van der Waals surface area contributed by atoms with Crippen molar-refractivity contribution >= 4 is 0 Å². The van der Waals surface area contributed by atoms with Crippen LogP contribution >= 0.6 is 0 Å². The zero-order valence-electron chi connectivity index (χ0n) is 9.44. The Labute approximate surface area is 100 Å². The van der Waals surface area contributed by atoms with E-state index >= 15 is 0 Å². The molecule has 80 valence electrons. The molecular formula is C15H10N2. The third-order valence-electron chi connectivity index (χ3n) is 2.70. The molecule has 2 aromatic carbocycles. The summed E-state index contributed by atoms with van der Waals surface area (Å²) in [6, 6.07) is 17.3. The summed E-state index contributed by atoms with van der Waals surface area (Å²) in [4.78, 5) is 0. The van der Waals surface area contributed by atoms with E-state index in [1.54, 1.807) is 12.1 Å². The molecule has 0 amide bonds. The van der Waals surface area contributed by atoms with Gasteiger partial charge in [-0.05, 0) is 35.7 Å². The van der Waals surface area contributed by atoms with Gasteiger partial charge in [-0.3, -0.25) is 0 Å². The number of hydrogen-bond acceptors (Lipinski definition) is 2. The molecule has 2 rings (SSSR count). The van der Waals surface area contributed by atoms with Crippen molar-refractivity contribution in [1.29, 1.82) is 10.5 Å². The Hall–Kier alpha value is -2.58. The van der Waals surface area contributed by atoms with Crippen molar-refractivity contribution in [2.75, 3.05) is 0 Å². The van der Waals surface area contributed by atoms with E-state index in [4.69, 9.17) is 10.5 Å². The summed E-state index contributed by atoms with van der Waals surface area (Å²) in [6.07, 6.45) is 0. The number of benzene rings is 2. The van der Waals surface area contributed by atoms with E-state index in [-0.39, 0.29) is 0 Å². The van der Waals surface area contributed by atoms with Gasteiger partial charge in [0, 0.05) is 0 Å². The van der Waals surface area contributed by atoms with Crippen LogP contribution in [0.3, 0.4) is 0 Å². The van der Waals surface area contributed by atoms with Gasteiger partial charge in [0.05, 0.1) is 23.3 Å². The van der Waals surface area contributed by atoms with Gasteiger partial charge < -0.3 is 0 Å². The SMILES string of the molecule is Cc1ccccc1-c1ccc(C#N)cc1C#N. The molecule has 0 saturated carbocycles. The lowest BCUT2D eigenvalue weighted by Crippen LogP contribution is -1.88. The Kier molecular flexibility index (Phi) is 2.90. The predicted molar refractivity (Wildman–Crippen MR) is 66.0 cm³/mol. The number of hydrogen-bond donors (Lipinski definition) is 0. The minimum Gasteiger partial charge on any atom is -0.192 e. The molecule has 2 aromatic rings. The topological polar surface area (TPSA) is 47.6 Å². The third kappa shape index (κ3) is 2.02. The van der Waals surface area contributed by atoms with Gasteiger partial charge in [0.1, 0.15) is 0 Å². The second-order valence-corrected chi connectivity index (χ2v) is 3.80. The molecule has 0 aliphatic rings. The van der Waals surface area contributed by atoms with Crippen molar-refractivity contribution in [3.05, 3.63) is 59.2 Å². The van der Waals surface area contributed by atoms with Gasteiger partial charge in [0.15, 0.2) is 0 Å². The molecule has 2 nitrogen and oxygen atoms in total. The van der Waals surface area contributed by atoms with E-state index in [9.17, 15) is 0 Å². The molecule has 0 aliphatic heterocycles. The Morgan fingerprint density at radius 3 is 2.29 bits per heavy atom. The molecular weight excluding hydrogens is 208 g/mol. The van der Waals surface area contributed by atoms with E-state index in [1.165, 1.54) is 0 Å². The monoisotopic (exact) mass is 218 g/mol. The minimum atomic E-state index is 0.513. The van der Waals surface area contributed by atoms with E-state index in [2.05, 4.69) is 6.07 Å². The molecule has 0 bridgehead atoms. The summed E-state index contributed by atoms with van der Waals surface area (Å²) >= 11 is 0. The van der Waals surface area contributed by atoms with Crippen molar-refractivity contribution in [3.8, 4) is 23.3 Å². The number of nitriles is 2. The Morgan fingerprint density at radius 1 is 0.882 bits per heavy atom. The van der Waals surface area contributed by atoms with Crippen molar-refractivity contribution in [2.45, 2.75) is 6.92 Å². The highest BCUT2D eigenvalue weighted by Crippen LogP contribution is 2.26. The largest absolute Gasteiger partial charge is 0.192 e. The van der Waals surface area contributed by atoms with Crippen LogP contribution < -0.4 is 0 Å². The maximum Gasteiger partial charge on any atom is 0.0998 e. The van der Waals surface area contributed by atoms with E-state index < -0.39 is 0 Å². The number of nitrogens with zero attached hydrogens (tertiary/aromatic N) is 2. The number of rotatable bonds is 1. The molecule has 0 heterocycles. The lowest BCUT2D eigenvalue weighted by molar-refractivity contribution is 1.41. The standard InChI is InChI=1S/C15H10N2/c1-11-4-2-3-5-14(11)15-7-6-12(9-16)8-13(15)10-17/h2-8H,1H3. The van der Waals surface area contributed by atoms with Gasteiger partial charge in [-0.2, -0.15) is 10.5 Å². The first-order chi connectivity index (χ1) is 8.26.